The van der Waals surface area contributed by atoms with Gasteiger partial charge in [-0.15, -0.1) is 24.0 Å². The molecular weight excluding hydrogens is 453 g/mol. The number of aryl methyl sites for hydroxylation is 2. The summed E-state index contributed by atoms with van der Waals surface area (Å²) in [6.07, 6.45) is 1.99. The minimum Gasteiger partial charge on any atom is -0.381 e. The third kappa shape index (κ3) is 8.04. The molecule has 0 aliphatic rings. The smallest absolute Gasteiger partial charge is 0.190 e. The zero-order valence-corrected chi connectivity index (χ0v) is 19.3. The zero-order chi connectivity index (χ0) is 18.8. The largest absolute Gasteiger partial charge is 0.381 e. The molecule has 7 heteroatoms. The summed E-state index contributed by atoms with van der Waals surface area (Å²) in [6, 6.07) is 8.29. The Morgan fingerprint density at radius 1 is 1.19 bits per heavy atom. The standard InChI is InChI=1S/C20H33N5O.HI/c1-16(2)15-26-14-8-12-23-20(21-4)22-11-7-13-25-17(3)24-18-9-5-6-10-19(18)25;/h5-6,9-10,16H,7-8,11-15H2,1-4H3,(H2,21,22,23);1H. The van der Waals surface area contributed by atoms with E-state index in [1.165, 1.54) is 5.52 Å². The first-order chi connectivity index (χ1) is 12.6. The Bertz CT molecular complexity index is 699. The van der Waals surface area contributed by atoms with Crippen LogP contribution in [0.5, 0.6) is 0 Å². The van der Waals surface area contributed by atoms with Crippen LogP contribution in [0.4, 0.5) is 0 Å². The molecule has 2 rings (SSSR count). The second-order valence-corrected chi connectivity index (χ2v) is 6.90. The monoisotopic (exact) mass is 487 g/mol. The summed E-state index contributed by atoms with van der Waals surface area (Å²) in [6.45, 7) is 10.7. The first kappa shape index (κ1) is 23.7. The van der Waals surface area contributed by atoms with Crippen LogP contribution in [0.25, 0.3) is 11.0 Å². The van der Waals surface area contributed by atoms with Crippen LogP contribution in [0.15, 0.2) is 29.3 Å². The molecule has 0 atom stereocenters. The Kier molecular flexibility index (Phi) is 11.3. The van der Waals surface area contributed by atoms with E-state index in [-0.39, 0.29) is 24.0 Å². The number of hydrogen-bond donors (Lipinski definition) is 2. The molecule has 0 radical (unpaired) electrons. The summed E-state index contributed by atoms with van der Waals surface area (Å²) in [5.74, 6) is 2.50. The number of ether oxygens (including phenoxy) is 1. The average molecular weight is 487 g/mol. The number of guanidine groups is 1. The van der Waals surface area contributed by atoms with Crippen molar-refractivity contribution in [3.05, 3.63) is 30.1 Å². The second-order valence-electron chi connectivity index (χ2n) is 6.90. The van der Waals surface area contributed by atoms with Crippen LogP contribution in [0.1, 0.15) is 32.5 Å². The van der Waals surface area contributed by atoms with Gasteiger partial charge in [0.2, 0.25) is 0 Å². The van der Waals surface area contributed by atoms with Gasteiger partial charge in [-0.25, -0.2) is 4.98 Å². The number of benzene rings is 1. The molecular formula is C20H34IN5O. The number of nitrogens with zero attached hydrogens (tertiary/aromatic N) is 3. The van der Waals surface area contributed by atoms with Gasteiger partial charge in [0.05, 0.1) is 11.0 Å². The Morgan fingerprint density at radius 2 is 1.89 bits per heavy atom. The molecule has 0 aliphatic carbocycles. The van der Waals surface area contributed by atoms with Gasteiger partial charge in [0.25, 0.3) is 0 Å². The third-order valence-corrected chi connectivity index (χ3v) is 4.13. The van der Waals surface area contributed by atoms with E-state index in [0.29, 0.717) is 5.92 Å². The predicted molar refractivity (Wildman–Crippen MR) is 124 cm³/mol. The summed E-state index contributed by atoms with van der Waals surface area (Å²) in [7, 11) is 1.80. The molecule has 0 spiro atoms. The first-order valence-corrected chi connectivity index (χ1v) is 9.56. The lowest BCUT2D eigenvalue weighted by Crippen LogP contribution is -2.38. The van der Waals surface area contributed by atoms with E-state index in [0.717, 1.165) is 63.0 Å². The highest BCUT2D eigenvalue weighted by Gasteiger charge is 2.06. The van der Waals surface area contributed by atoms with Crippen LogP contribution in [-0.2, 0) is 11.3 Å². The van der Waals surface area contributed by atoms with E-state index < -0.39 is 0 Å². The lowest BCUT2D eigenvalue weighted by Gasteiger charge is -2.13. The molecule has 0 amide bonds. The van der Waals surface area contributed by atoms with Crippen molar-refractivity contribution < 1.29 is 4.74 Å². The quantitative estimate of drug-likeness (QED) is 0.233. The lowest BCUT2D eigenvalue weighted by molar-refractivity contribution is 0.108. The van der Waals surface area contributed by atoms with Crippen molar-refractivity contribution in [3.8, 4) is 0 Å². The van der Waals surface area contributed by atoms with Gasteiger partial charge in [0, 0.05) is 39.9 Å². The number of para-hydroxylation sites is 2. The molecule has 6 nitrogen and oxygen atoms in total. The Balaban J connectivity index is 0.00000364. The average Bonchev–Trinajstić information content (AvgIpc) is 2.94. The fourth-order valence-corrected chi connectivity index (χ4v) is 2.84. The Morgan fingerprint density at radius 3 is 2.59 bits per heavy atom. The van der Waals surface area contributed by atoms with E-state index in [9.17, 15) is 0 Å². The van der Waals surface area contributed by atoms with Crippen LogP contribution in [-0.4, -0.2) is 48.9 Å². The molecule has 0 fully saturated rings. The van der Waals surface area contributed by atoms with E-state index >= 15 is 0 Å². The molecule has 2 aromatic rings. The molecule has 0 aliphatic heterocycles. The molecule has 152 valence electrons. The van der Waals surface area contributed by atoms with Crippen molar-refractivity contribution in [1.29, 1.82) is 0 Å². The molecule has 2 N–H and O–H groups in total. The number of nitrogens with one attached hydrogen (secondary N) is 2. The van der Waals surface area contributed by atoms with Crippen LogP contribution in [0, 0.1) is 12.8 Å². The van der Waals surface area contributed by atoms with Crippen LogP contribution in [0.3, 0.4) is 0 Å². The first-order valence-electron chi connectivity index (χ1n) is 9.56. The van der Waals surface area contributed by atoms with Crippen molar-refractivity contribution in [2.24, 2.45) is 10.9 Å². The minimum atomic E-state index is 0. The molecule has 0 bridgehead atoms. The third-order valence-electron chi connectivity index (χ3n) is 4.13. The van der Waals surface area contributed by atoms with E-state index in [1.807, 2.05) is 6.07 Å². The van der Waals surface area contributed by atoms with Crippen molar-refractivity contribution in [2.75, 3.05) is 33.4 Å². The summed E-state index contributed by atoms with van der Waals surface area (Å²) < 4.78 is 7.86. The van der Waals surface area contributed by atoms with Crippen LogP contribution in [0.2, 0.25) is 0 Å². The van der Waals surface area contributed by atoms with Gasteiger partial charge < -0.3 is 19.9 Å². The maximum atomic E-state index is 5.59. The molecule has 27 heavy (non-hydrogen) atoms. The van der Waals surface area contributed by atoms with E-state index in [2.05, 4.69) is 64.1 Å². The molecule has 0 saturated heterocycles. The topological polar surface area (TPSA) is 63.5 Å². The molecule has 0 saturated carbocycles. The highest BCUT2D eigenvalue weighted by atomic mass is 127. The fourth-order valence-electron chi connectivity index (χ4n) is 2.84. The number of rotatable bonds is 10. The molecule has 0 unspecified atom stereocenters. The van der Waals surface area contributed by atoms with Crippen molar-refractivity contribution >= 4 is 41.0 Å². The fraction of sp³-hybridized carbons (Fsp3) is 0.600. The number of fused-ring (bicyclic) bond motifs is 1. The number of aliphatic imine (C=N–C) groups is 1. The van der Waals surface area contributed by atoms with Gasteiger partial charge in [-0.05, 0) is 37.8 Å². The number of halogens is 1. The van der Waals surface area contributed by atoms with E-state index in [4.69, 9.17) is 4.74 Å². The number of aromatic nitrogens is 2. The Labute approximate surface area is 180 Å². The predicted octanol–water partition coefficient (Wildman–Crippen LogP) is 3.58. The number of hydrogen-bond acceptors (Lipinski definition) is 3. The summed E-state index contributed by atoms with van der Waals surface area (Å²) in [4.78, 5) is 8.88. The zero-order valence-electron chi connectivity index (χ0n) is 17.0. The number of imidazole rings is 1. The van der Waals surface area contributed by atoms with Gasteiger partial charge in [0.1, 0.15) is 5.82 Å². The molecule has 1 aromatic heterocycles. The lowest BCUT2D eigenvalue weighted by atomic mass is 10.2. The Hall–Kier alpha value is -1.35. The van der Waals surface area contributed by atoms with Gasteiger partial charge in [0.15, 0.2) is 5.96 Å². The van der Waals surface area contributed by atoms with Gasteiger partial charge in [-0.1, -0.05) is 26.0 Å². The van der Waals surface area contributed by atoms with Crippen molar-refractivity contribution in [1.82, 2.24) is 20.2 Å². The van der Waals surface area contributed by atoms with Gasteiger partial charge in [-0.2, -0.15) is 0 Å². The maximum Gasteiger partial charge on any atom is 0.190 e. The minimum absolute atomic E-state index is 0. The molecule has 1 heterocycles. The highest BCUT2D eigenvalue weighted by molar-refractivity contribution is 14.0. The van der Waals surface area contributed by atoms with Crippen molar-refractivity contribution in [3.63, 3.8) is 0 Å². The SMILES string of the molecule is CN=C(NCCCOCC(C)C)NCCCn1c(C)nc2ccccc21.I. The van der Waals surface area contributed by atoms with Crippen LogP contribution < -0.4 is 10.6 Å². The van der Waals surface area contributed by atoms with Gasteiger partial charge >= 0.3 is 0 Å². The van der Waals surface area contributed by atoms with Gasteiger partial charge in [-0.3, -0.25) is 4.99 Å². The highest BCUT2D eigenvalue weighted by Crippen LogP contribution is 2.15. The maximum absolute atomic E-state index is 5.59. The van der Waals surface area contributed by atoms with Crippen LogP contribution >= 0.6 is 24.0 Å². The van der Waals surface area contributed by atoms with E-state index in [1.54, 1.807) is 7.05 Å². The summed E-state index contributed by atoms with van der Waals surface area (Å²) in [5.41, 5.74) is 2.27. The molecule has 1 aromatic carbocycles. The summed E-state index contributed by atoms with van der Waals surface area (Å²) >= 11 is 0. The van der Waals surface area contributed by atoms with Crippen molar-refractivity contribution in [2.45, 2.75) is 40.2 Å². The summed E-state index contributed by atoms with van der Waals surface area (Å²) in [5, 5.41) is 6.70. The second kappa shape index (κ2) is 12.9. The normalized spacial score (nSPS) is 11.7.